The summed E-state index contributed by atoms with van der Waals surface area (Å²) >= 11 is 0. The van der Waals surface area contributed by atoms with Gasteiger partial charge in [-0.2, -0.15) is 0 Å². The molecule has 0 saturated heterocycles. The van der Waals surface area contributed by atoms with Crippen molar-refractivity contribution in [2.24, 2.45) is 4.99 Å². The van der Waals surface area contributed by atoms with Gasteiger partial charge in [-0.05, 0) is 29.3 Å². The van der Waals surface area contributed by atoms with Crippen LogP contribution in [0.25, 0.3) is 5.57 Å². The number of anilines is 1. The maximum absolute atomic E-state index is 4.68. The van der Waals surface area contributed by atoms with E-state index in [-0.39, 0.29) is 5.41 Å². The van der Waals surface area contributed by atoms with Gasteiger partial charge < -0.3 is 5.32 Å². The van der Waals surface area contributed by atoms with Crippen molar-refractivity contribution in [3.8, 4) is 0 Å². The van der Waals surface area contributed by atoms with E-state index in [1.807, 2.05) is 30.6 Å². The zero-order valence-corrected chi connectivity index (χ0v) is 13.2. The molecule has 112 valence electrons. The molecule has 4 heteroatoms. The van der Waals surface area contributed by atoms with E-state index < -0.39 is 0 Å². The smallest absolute Gasteiger partial charge is 0.131 e. The molecule has 4 nitrogen and oxygen atoms in total. The van der Waals surface area contributed by atoms with Crippen molar-refractivity contribution in [1.82, 2.24) is 9.97 Å². The van der Waals surface area contributed by atoms with E-state index in [4.69, 9.17) is 0 Å². The Labute approximate surface area is 131 Å². The average molecular weight is 292 g/mol. The third-order valence-corrected chi connectivity index (χ3v) is 3.56. The van der Waals surface area contributed by atoms with Gasteiger partial charge in [-0.1, -0.05) is 32.9 Å². The first-order chi connectivity index (χ1) is 10.5. The van der Waals surface area contributed by atoms with Crippen molar-refractivity contribution in [2.75, 3.05) is 5.32 Å². The second-order valence-electron chi connectivity index (χ2n) is 6.43. The van der Waals surface area contributed by atoms with Gasteiger partial charge in [0.15, 0.2) is 0 Å². The van der Waals surface area contributed by atoms with Crippen LogP contribution in [0.4, 0.5) is 5.82 Å². The minimum absolute atomic E-state index is 0.0360. The number of aromatic nitrogens is 2. The van der Waals surface area contributed by atoms with Gasteiger partial charge in [0.05, 0.1) is 0 Å². The first kappa shape index (κ1) is 14.4. The van der Waals surface area contributed by atoms with Crippen molar-refractivity contribution in [3.63, 3.8) is 0 Å². The van der Waals surface area contributed by atoms with Crippen LogP contribution in [0.5, 0.6) is 0 Å². The number of nitrogens with one attached hydrogen (secondary N) is 1. The van der Waals surface area contributed by atoms with E-state index in [1.165, 1.54) is 5.57 Å². The highest BCUT2D eigenvalue weighted by atomic mass is 15.1. The third-order valence-electron chi connectivity index (χ3n) is 3.56. The zero-order chi connectivity index (χ0) is 15.6. The highest BCUT2D eigenvalue weighted by molar-refractivity contribution is 6.04. The SMILES string of the molecule is CC(C)(C)c1cccc(NC2=NC=C(c3cccnc3)C2)n1. The topological polar surface area (TPSA) is 50.2 Å². The standard InChI is InChI=1S/C18H20N4/c1-18(2,3)15-7-4-8-16(21-15)22-17-10-14(12-20-17)13-6-5-9-19-11-13/h4-9,11-12H,10H2,1-3H3,(H,20,21,22). The number of nitrogens with zero attached hydrogens (tertiary/aromatic N) is 3. The first-order valence-electron chi connectivity index (χ1n) is 7.43. The predicted octanol–water partition coefficient (Wildman–Crippen LogP) is 4.03. The molecule has 2 aromatic heterocycles. The summed E-state index contributed by atoms with van der Waals surface area (Å²) in [7, 11) is 0. The summed E-state index contributed by atoms with van der Waals surface area (Å²) in [5.41, 5.74) is 3.38. The normalized spacial score (nSPS) is 14.5. The monoisotopic (exact) mass is 292 g/mol. The van der Waals surface area contributed by atoms with Crippen LogP contribution in [0.15, 0.2) is 53.9 Å². The van der Waals surface area contributed by atoms with Crippen molar-refractivity contribution in [3.05, 3.63) is 60.2 Å². The molecule has 0 aliphatic carbocycles. The lowest BCUT2D eigenvalue weighted by Gasteiger charge is -2.18. The Morgan fingerprint density at radius 1 is 1.09 bits per heavy atom. The van der Waals surface area contributed by atoms with Crippen LogP contribution in [0, 0.1) is 0 Å². The van der Waals surface area contributed by atoms with Crippen molar-refractivity contribution < 1.29 is 0 Å². The van der Waals surface area contributed by atoms with Crippen molar-refractivity contribution in [2.45, 2.75) is 32.6 Å². The highest BCUT2D eigenvalue weighted by Gasteiger charge is 2.17. The number of aliphatic imine (C=N–C) groups is 1. The molecule has 2 aromatic rings. The second-order valence-corrected chi connectivity index (χ2v) is 6.43. The molecule has 0 bridgehead atoms. The molecule has 22 heavy (non-hydrogen) atoms. The Morgan fingerprint density at radius 3 is 2.68 bits per heavy atom. The van der Waals surface area contributed by atoms with E-state index in [0.29, 0.717) is 0 Å². The molecule has 0 spiro atoms. The quantitative estimate of drug-likeness (QED) is 0.909. The van der Waals surface area contributed by atoms with Crippen LogP contribution in [0.1, 0.15) is 38.4 Å². The van der Waals surface area contributed by atoms with Crippen LogP contribution >= 0.6 is 0 Å². The molecule has 3 heterocycles. The van der Waals surface area contributed by atoms with Gasteiger partial charge in [-0.3, -0.25) is 4.98 Å². The van der Waals surface area contributed by atoms with Gasteiger partial charge in [0, 0.05) is 36.1 Å². The molecule has 0 aromatic carbocycles. The molecule has 1 aliphatic rings. The van der Waals surface area contributed by atoms with E-state index in [2.05, 4.69) is 53.2 Å². The van der Waals surface area contributed by atoms with Crippen LogP contribution in [0.2, 0.25) is 0 Å². The van der Waals surface area contributed by atoms with Gasteiger partial charge in [0.1, 0.15) is 11.7 Å². The van der Waals surface area contributed by atoms with Gasteiger partial charge in [0.2, 0.25) is 0 Å². The predicted molar refractivity (Wildman–Crippen MR) is 90.8 cm³/mol. The molecule has 1 aliphatic heterocycles. The molecule has 3 rings (SSSR count). The van der Waals surface area contributed by atoms with E-state index in [1.54, 1.807) is 6.20 Å². The molecule has 0 radical (unpaired) electrons. The average Bonchev–Trinajstić information content (AvgIpc) is 2.96. The molecule has 0 amide bonds. The number of pyridine rings is 2. The minimum Gasteiger partial charge on any atom is -0.328 e. The summed E-state index contributed by atoms with van der Waals surface area (Å²) in [6, 6.07) is 10.0. The Morgan fingerprint density at radius 2 is 1.95 bits per heavy atom. The summed E-state index contributed by atoms with van der Waals surface area (Å²) in [5, 5.41) is 3.32. The fraction of sp³-hybridized carbons (Fsp3) is 0.278. The van der Waals surface area contributed by atoms with Crippen LogP contribution in [-0.2, 0) is 5.41 Å². The van der Waals surface area contributed by atoms with Crippen molar-refractivity contribution in [1.29, 1.82) is 0 Å². The molecular weight excluding hydrogens is 272 g/mol. The Kier molecular flexibility index (Phi) is 3.75. The fourth-order valence-corrected chi connectivity index (χ4v) is 2.30. The third kappa shape index (κ3) is 3.22. The van der Waals surface area contributed by atoms with Gasteiger partial charge in [0.25, 0.3) is 0 Å². The largest absolute Gasteiger partial charge is 0.328 e. The number of rotatable bonds is 2. The molecule has 1 N–H and O–H groups in total. The van der Waals surface area contributed by atoms with Crippen LogP contribution < -0.4 is 5.32 Å². The molecule has 0 atom stereocenters. The zero-order valence-electron chi connectivity index (χ0n) is 13.2. The molecule has 0 saturated carbocycles. The van der Waals surface area contributed by atoms with Gasteiger partial charge in [-0.25, -0.2) is 9.98 Å². The van der Waals surface area contributed by atoms with E-state index in [9.17, 15) is 0 Å². The van der Waals surface area contributed by atoms with Gasteiger partial charge >= 0.3 is 0 Å². The summed E-state index contributed by atoms with van der Waals surface area (Å²) in [5.74, 6) is 1.75. The van der Waals surface area contributed by atoms with E-state index >= 15 is 0 Å². The maximum Gasteiger partial charge on any atom is 0.131 e. The molecular formula is C18H20N4. The van der Waals surface area contributed by atoms with Crippen molar-refractivity contribution >= 4 is 17.2 Å². The number of hydrogen-bond donors (Lipinski definition) is 1. The molecule has 0 unspecified atom stereocenters. The summed E-state index contributed by atoms with van der Waals surface area (Å²) < 4.78 is 0. The summed E-state index contributed by atoms with van der Waals surface area (Å²) in [6.07, 6.45) is 6.31. The lowest BCUT2D eigenvalue weighted by Crippen LogP contribution is -2.16. The number of hydrogen-bond acceptors (Lipinski definition) is 4. The maximum atomic E-state index is 4.68. The lowest BCUT2D eigenvalue weighted by molar-refractivity contribution is 0.570. The Bertz CT molecular complexity index is 724. The minimum atomic E-state index is 0.0360. The van der Waals surface area contributed by atoms with Crippen LogP contribution in [0.3, 0.4) is 0 Å². The van der Waals surface area contributed by atoms with Gasteiger partial charge in [-0.15, -0.1) is 0 Å². The lowest BCUT2D eigenvalue weighted by atomic mass is 9.92. The Balaban J connectivity index is 1.69. The highest BCUT2D eigenvalue weighted by Crippen LogP contribution is 2.24. The molecule has 0 fully saturated rings. The van der Waals surface area contributed by atoms with Crippen LogP contribution in [-0.4, -0.2) is 15.8 Å². The van der Waals surface area contributed by atoms with E-state index in [0.717, 1.165) is 29.3 Å². The summed E-state index contributed by atoms with van der Waals surface area (Å²) in [4.78, 5) is 13.3. The summed E-state index contributed by atoms with van der Waals surface area (Å²) in [6.45, 7) is 6.48. The first-order valence-corrected chi connectivity index (χ1v) is 7.43. The fourth-order valence-electron chi connectivity index (χ4n) is 2.30. The second kappa shape index (κ2) is 5.72. The Hall–Kier alpha value is -2.49. The number of amidine groups is 1.